The van der Waals surface area contributed by atoms with Gasteiger partial charge in [-0.3, -0.25) is 4.79 Å². The topological polar surface area (TPSA) is 80.0 Å². The zero-order valence-corrected chi connectivity index (χ0v) is 13.2. The fourth-order valence-electron chi connectivity index (χ4n) is 1.80. The summed E-state index contributed by atoms with van der Waals surface area (Å²) in [6.45, 7) is 1.94. The molecule has 23 heavy (non-hydrogen) atoms. The molecular formula is C17H14N2O3S. The maximum atomic E-state index is 12.2. The fourth-order valence-corrected chi connectivity index (χ4v) is 2.64. The molecule has 0 amide bonds. The highest BCUT2D eigenvalue weighted by molar-refractivity contribution is 7.10. The minimum Gasteiger partial charge on any atom is -0.461 e. The number of hydrogen-bond donors (Lipinski definition) is 0. The smallest absolute Gasteiger partial charge is 0.357 e. The van der Waals surface area contributed by atoms with Gasteiger partial charge in [0.15, 0.2) is 17.4 Å². The van der Waals surface area contributed by atoms with E-state index in [0.29, 0.717) is 5.01 Å². The van der Waals surface area contributed by atoms with E-state index in [1.807, 2.05) is 36.4 Å². The lowest BCUT2D eigenvalue weighted by Gasteiger charge is -2.01. The number of esters is 1. The summed E-state index contributed by atoms with van der Waals surface area (Å²) < 4.78 is 4.84. The molecule has 5 nitrogen and oxygen atoms in total. The Hall–Kier alpha value is -2.78. The first-order chi connectivity index (χ1) is 11.2. The number of allylic oxidation sites excluding steroid dienone is 1. The Morgan fingerprint density at radius 3 is 2.78 bits per heavy atom. The predicted molar refractivity (Wildman–Crippen MR) is 86.9 cm³/mol. The van der Waals surface area contributed by atoms with Gasteiger partial charge in [-0.15, -0.1) is 11.3 Å². The molecule has 6 heteroatoms. The van der Waals surface area contributed by atoms with Gasteiger partial charge in [0.25, 0.3) is 0 Å². The fraction of sp³-hybridized carbons (Fsp3) is 0.176. The molecule has 1 aromatic heterocycles. The normalized spacial score (nSPS) is 11.8. The Kier molecular flexibility index (Phi) is 5.78. The molecule has 1 heterocycles. The van der Waals surface area contributed by atoms with Crippen LogP contribution in [0.4, 0.5) is 0 Å². The average Bonchev–Trinajstić information content (AvgIpc) is 3.05. The number of rotatable bonds is 6. The second-order valence-electron chi connectivity index (χ2n) is 4.50. The summed E-state index contributed by atoms with van der Waals surface area (Å²) in [5, 5.41) is 11.0. The van der Waals surface area contributed by atoms with E-state index in [0.717, 1.165) is 16.9 Å². The first-order valence-corrected chi connectivity index (χ1v) is 7.82. The second-order valence-corrected chi connectivity index (χ2v) is 5.39. The zero-order chi connectivity index (χ0) is 16.7. The molecule has 1 aromatic carbocycles. The van der Waals surface area contributed by atoms with Gasteiger partial charge in [-0.05, 0) is 18.6 Å². The standard InChI is InChI=1S/C17H14N2O3S/c1-2-22-17(21)14-11-23-16(19-14)13(10-18)15(20)9-8-12-6-4-3-5-7-12/h3-9,11,13H,2H2,1H3/b9-8+. The molecule has 1 unspecified atom stereocenters. The lowest BCUT2D eigenvalue weighted by molar-refractivity contribution is -0.114. The number of benzene rings is 1. The maximum Gasteiger partial charge on any atom is 0.357 e. The summed E-state index contributed by atoms with van der Waals surface area (Å²) >= 11 is 1.10. The third-order valence-electron chi connectivity index (χ3n) is 2.91. The Morgan fingerprint density at radius 2 is 2.13 bits per heavy atom. The third kappa shape index (κ3) is 4.34. The van der Waals surface area contributed by atoms with E-state index in [1.165, 1.54) is 11.5 Å². The summed E-state index contributed by atoms with van der Waals surface area (Å²) in [6.07, 6.45) is 3.00. The number of hydrogen-bond acceptors (Lipinski definition) is 6. The molecule has 0 bridgehead atoms. The number of nitriles is 1. The van der Waals surface area contributed by atoms with E-state index in [4.69, 9.17) is 4.74 Å². The van der Waals surface area contributed by atoms with E-state index in [2.05, 4.69) is 4.98 Å². The Balaban J connectivity index is 2.13. The number of aromatic nitrogens is 1. The number of nitrogens with zero attached hydrogens (tertiary/aromatic N) is 2. The van der Waals surface area contributed by atoms with Crippen molar-refractivity contribution in [1.82, 2.24) is 4.98 Å². The van der Waals surface area contributed by atoms with Crippen LogP contribution in [-0.2, 0) is 9.53 Å². The average molecular weight is 326 g/mol. The van der Waals surface area contributed by atoms with Gasteiger partial charge >= 0.3 is 5.97 Å². The van der Waals surface area contributed by atoms with Crippen LogP contribution in [-0.4, -0.2) is 23.3 Å². The van der Waals surface area contributed by atoms with E-state index < -0.39 is 11.9 Å². The molecule has 0 N–H and O–H groups in total. The second kappa shape index (κ2) is 8.01. The summed E-state index contributed by atoms with van der Waals surface area (Å²) in [5.41, 5.74) is 0.982. The largest absolute Gasteiger partial charge is 0.461 e. The minimum absolute atomic E-state index is 0.118. The number of ether oxygens (including phenoxy) is 1. The first kappa shape index (κ1) is 16.6. The SMILES string of the molecule is CCOC(=O)c1csc(C(C#N)C(=O)/C=C/c2ccccc2)n1. The number of carbonyl (C=O) groups is 2. The van der Waals surface area contributed by atoms with Crippen LogP contribution in [0.5, 0.6) is 0 Å². The number of carbonyl (C=O) groups excluding carboxylic acids is 2. The van der Waals surface area contributed by atoms with Crippen LogP contribution in [0.3, 0.4) is 0 Å². The van der Waals surface area contributed by atoms with Gasteiger partial charge in [0.2, 0.25) is 0 Å². The number of thiazole rings is 1. The Bertz CT molecular complexity index is 760. The lowest BCUT2D eigenvalue weighted by Crippen LogP contribution is -2.09. The molecule has 1 atom stereocenters. The molecule has 2 rings (SSSR count). The van der Waals surface area contributed by atoms with Crippen LogP contribution in [0.1, 0.15) is 33.9 Å². The van der Waals surface area contributed by atoms with Gasteiger partial charge in [-0.1, -0.05) is 36.4 Å². The van der Waals surface area contributed by atoms with Crippen LogP contribution < -0.4 is 0 Å². The molecule has 0 aliphatic rings. The van der Waals surface area contributed by atoms with Crippen molar-refractivity contribution in [3.05, 3.63) is 58.1 Å². The van der Waals surface area contributed by atoms with Crippen molar-refractivity contribution >= 4 is 29.2 Å². The molecule has 0 saturated carbocycles. The highest BCUT2D eigenvalue weighted by Crippen LogP contribution is 2.22. The summed E-state index contributed by atoms with van der Waals surface area (Å²) in [6, 6.07) is 11.2. The third-order valence-corrected chi connectivity index (χ3v) is 3.82. The maximum absolute atomic E-state index is 12.2. The molecule has 116 valence electrons. The van der Waals surface area contributed by atoms with E-state index in [1.54, 1.807) is 13.0 Å². The Labute approximate surface area is 137 Å². The monoisotopic (exact) mass is 326 g/mol. The molecule has 0 saturated heterocycles. The van der Waals surface area contributed by atoms with Crippen molar-refractivity contribution in [3.8, 4) is 6.07 Å². The first-order valence-electron chi connectivity index (χ1n) is 6.94. The van der Waals surface area contributed by atoms with E-state index >= 15 is 0 Å². The summed E-state index contributed by atoms with van der Waals surface area (Å²) in [4.78, 5) is 27.8. The molecular weight excluding hydrogens is 312 g/mol. The van der Waals surface area contributed by atoms with Crippen molar-refractivity contribution in [2.24, 2.45) is 0 Å². The van der Waals surface area contributed by atoms with E-state index in [9.17, 15) is 14.9 Å². The van der Waals surface area contributed by atoms with Crippen molar-refractivity contribution in [2.45, 2.75) is 12.8 Å². The minimum atomic E-state index is -1.02. The van der Waals surface area contributed by atoms with Crippen molar-refractivity contribution < 1.29 is 14.3 Å². The van der Waals surface area contributed by atoms with Crippen LogP contribution >= 0.6 is 11.3 Å². The van der Waals surface area contributed by atoms with Gasteiger partial charge in [-0.2, -0.15) is 5.26 Å². The molecule has 0 spiro atoms. The van der Waals surface area contributed by atoms with Gasteiger partial charge < -0.3 is 4.74 Å². The Morgan fingerprint density at radius 1 is 1.39 bits per heavy atom. The molecule has 2 aromatic rings. The van der Waals surface area contributed by atoms with Crippen LogP contribution in [0, 0.1) is 11.3 Å². The van der Waals surface area contributed by atoms with Crippen LogP contribution in [0.2, 0.25) is 0 Å². The zero-order valence-electron chi connectivity index (χ0n) is 12.4. The van der Waals surface area contributed by atoms with Gasteiger partial charge in [0.1, 0.15) is 5.01 Å². The predicted octanol–water partition coefficient (Wildman–Crippen LogP) is 3.21. The lowest BCUT2D eigenvalue weighted by atomic mass is 10.1. The highest BCUT2D eigenvalue weighted by atomic mass is 32.1. The quantitative estimate of drug-likeness (QED) is 0.601. The van der Waals surface area contributed by atoms with Gasteiger partial charge in [-0.25, -0.2) is 9.78 Å². The van der Waals surface area contributed by atoms with Crippen molar-refractivity contribution in [3.63, 3.8) is 0 Å². The molecule has 0 aliphatic carbocycles. The van der Waals surface area contributed by atoms with Crippen molar-refractivity contribution in [1.29, 1.82) is 5.26 Å². The van der Waals surface area contributed by atoms with Crippen LogP contribution in [0.15, 0.2) is 41.8 Å². The molecule has 0 fully saturated rings. The van der Waals surface area contributed by atoms with Gasteiger partial charge in [0.05, 0.1) is 12.7 Å². The highest BCUT2D eigenvalue weighted by Gasteiger charge is 2.23. The van der Waals surface area contributed by atoms with Gasteiger partial charge in [0, 0.05) is 5.38 Å². The van der Waals surface area contributed by atoms with E-state index in [-0.39, 0.29) is 18.1 Å². The molecule has 0 radical (unpaired) electrons. The van der Waals surface area contributed by atoms with Crippen molar-refractivity contribution in [2.75, 3.05) is 6.61 Å². The number of ketones is 1. The molecule has 0 aliphatic heterocycles. The van der Waals surface area contributed by atoms with Crippen LogP contribution in [0.25, 0.3) is 6.08 Å². The summed E-state index contributed by atoms with van der Waals surface area (Å²) in [7, 11) is 0. The summed E-state index contributed by atoms with van der Waals surface area (Å²) in [5.74, 6) is -1.96.